The number of phenols is 1. The fraction of sp³-hybridized carbons (Fsp3) is 0.447. The summed E-state index contributed by atoms with van der Waals surface area (Å²) in [7, 11) is 0. The molecule has 4 aromatic rings. The van der Waals surface area contributed by atoms with E-state index in [2.05, 4.69) is 91.0 Å². The number of anilines is 2. The van der Waals surface area contributed by atoms with Gasteiger partial charge in [0.25, 0.3) is 5.91 Å². The van der Waals surface area contributed by atoms with E-state index in [1.165, 1.54) is 27.9 Å². The molecule has 3 amide bonds. The molecule has 1 spiro atoms. The molecule has 12 heteroatoms. The van der Waals surface area contributed by atoms with E-state index in [9.17, 15) is 19.5 Å². The number of aryl methyl sites for hydroxylation is 1. The number of piperazine rings is 1. The zero-order valence-corrected chi connectivity index (χ0v) is 33.4. The quantitative estimate of drug-likeness (QED) is 0.216. The summed E-state index contributed by atoms with van der Waals surface area (Å²) in [5, 5.41) is 15.2. The maximum atomic E-state index is 12.9. The standard InChI is InChI=1S/C47H52N6O6/c54-36-11-13-38-33(24-36)8-12-37(31-4-2-1-3-5-31)43(38)32-6-9-34(10-7-32)52-20-18-47(19-21-52)25-30(28-59-47)26-51-22-23-53-35(27-51)29-58-46-41(53)16-14-40(49-46)44(56)48-39-15-17-42(55)50-45(39)57/h1-7,9-11,13-14,16,24,30,35,37,39,43,54H,8,12,15,17-23,25-29H2,(H,48,56)(H,50,55,57)/t30?,35-,37-,39+,43+/m1/s1. The first kappa shape index (κ1) is 37.8. The third-order valence-corrected chi connectivity index (χ3v) is 13.8. The van der Waals surface area contributed by atoms with Gasteiger partial charge < -0.3 is 29.7 Å². The van der Waals surface area contributed by atoms with Crippen LogP contribution in [0.3, 0.4) is 0 Å². The number of nitrogens with one attached hydrogen (secondary N) is 2. The number of aromatic hydroxyl groups is 1. The topological polar surface area (TPSA) is 137 Å². The molecule has 0 bridgehead atoms. The second-order valence-electron chi connectivity index (χ2n) is 17.5. The van der Waals surface area contributed by atoms with Gasteiger partial charge in [-0.3, -0.25) is 24.6 Å². The van der Waals surface area contributed by atoms with Gasteiger partial charge in [-0.2, -0.15) is 0 Å². The van der Waals surface area contributed by atoms with Crippen molar-refractivity contribution in [3.63, 3.8) is 0 Å². The van der Waals surface area contributed by atoms with Gasteiger partial charge in [0, 0.05) is 57.3 Å². The van der Waals surface area contributed by atoms with Crippen LogP contribution in [0.2, 0.25) is 0 Å². The number of hydrogen-bond acceptors (Lipinski definition) is 10. The zero-order chi connectivity index (χ0) is 40.1. The summed E-state index contributed by atoms with van der Waals surface area (Å²) in [4.78, 5) is 48.5. The average molecular weight is 797 g/mol. The number of nitrogens with zero attached hydrogens (tertiary/aromatic N) is 4. The number of piperidine rings is 2. The minimum atomic E-state index is -0.758. The van der Waals surface area contributed by atoms with Crippen molar-refractivity contribution in [1.29, 1.82) is 0 Å². The van der Waals surface area contributed by atoms with Gasteiger partial charge in [-0.05, 0) is 109 Å². The van der Waals surface area contributed by atoms with Crippen LogP contribution in [0, 0.1) is 5.92 Å². The van der Waals surface area contributed by atoms with Gasteiger partial charge in [-0.1, -0.05) is 48.5 Å². The summed E-state index contributed by atoms with van der Waals surface area (Å²) in [5.41, 5.74) is 7.58. The lowest BCUT2D eigenvalue weighted by molar-refractivity contribution is -0.134. The fourth-order valence-corrected chi connectivity index (χ4v) is 10.8. The molecule has 1 unspecified atom stereocenters. The van der Waals surface area contributed by atoms with E-state index >= 15 is 0 Å². The molecule has 5 atom stereocenters. The van der Waals surface area contributed by atoms with Crippen molar-refractivity contribution in [2.75, 3.05) is 62.3 Å². The molecule has 1 aliphatic carbocycles. The third kappa shape index (κ3) is 7.53. The molecule has 59 heavy (non-hydrogen) atoms. The van der Waals surface area contributed by atoms with E-state index in [-0.39, 0.29) is 42.0 Å². The minimum absolute atomic E-state index is 0.0516. The van der Waals surface area contributed by atoms with E-state index < -0.39 is 17.9 Å². The Labute approximate surface area is 344 Å². The molecule has 0 radical (unpaired) electrons. The summed E-state index contributed by atoms with van der Waals surface area (Å²) < 4.78 is 12.8. The molecule has 10 rings (SSSR count). The van der Waals surface area contributed by atoms with Crippen LogP contribution in [-0.2, 0) is 20.7 Å². The first-order chi connectivity index (χ1) is 28.8. The minimum Gasteiger partial charge on any atom is -0.508 e. The number of carbonyl (C=O) groups excluding carboxylic acids is 3. The summed E-state index contributed by atoms with van der Waals surface area (Å²) >= 11 is 0. The second-order valence-corrected chi connectivity index (χ2v) is 17.5. The highest BCUT2D eigenvalue weighted by molar-refractivity contribution is 6.03. The lowest BCUT2D eigenvalue weighted by Gasteiger charge is -2.45. The average Bonchev–Trinajstić information content (AvgIpc) is 3.65. The number of benzene rings is 3. The number of imide groups is 1. The number of carbonyl (C=O) groups is 3. The molecule has 3 N–H and O–H groups in total. The summed E-state index contributed by atoms with van der Waals surface area (Å²) in [6.45, 7) is 6.94. The van der Waals surface area contributed by atoms with Crippen LogP contribution in [-0.4, -0.2) is 103 Å². The first-order valence-electron chi connectivity index (χ1n) is 21.4. The van der Waals surface area contributed by atoms with Gasteiger partial charge in [-0.25, -0.2) is 4.98 Å². The van der Waals surface area contributed by atoms with Crippen molar-refractivity contribution in [2.45, 2.75) is 74.5 Å². The number of pyridine rings is 1. The molecule has 12 nitrogen and oxygen atoms in total. The van der Waals surface area contributed by atoms with Gasteiger partial charge in [0.2, 0.25) is 17.7 Å². The van der Waals surface area contributed by atoms with Crippen molar-refractivity contribution in [1.82, 2.24) is 20.5 Å². The highest BCUT2D eigenvalue weighted by Gasteiger charge is 2.44. The monoisotopic (exact) mass is 796 g/mol. The zero-order valence-electron chi connectivity index (χ0n) is 33.4. The Morgan fingerprint density at radius 2 is 1.73 bits per heavy atom. The van der Waals surface area contributed by atoms with Gasteiger partial charge in [0.15, 0.2) is 0 Å². The van der Waals surface area contributed by atoms with Crippen LogP contribution in [0.4, 0.5) is 11.4 Å². The van der Waals surface area contributed by atoms with Crippen molar-refractivity contribution in [3.05, 3.63) is 113 Å². The maximum Gasteiger partial charge on any atom is 0.270 e. The Morgan fingerprint density at radius 1 is 0.898 bits per heavy atom. The first-order valence-corrected chi connectivity index (χ1v) is 21.4. The summed E-state index contributed by atoms with van der Waals surface area (Å²) in [5.74, 6) is 0.633. The molecule has 5 aliphatic heterocycles. The Hall–Kier alpha value is -5.46. The third-order valence-electron chi connectivity index (χ3n) is 13.8. The van der Waals surface area contributed by atoms with Crippen LogP contribution < -0.4 is 25.2 Å². The Balaban J connectivity index is 0.725. The largest absolute Gasteiger partial charge is 0.508 e. The van der Waals surface area contributed by atoms with E-state index in [0.29, 0.717) is 30.1 Å². The molecular formula is C47H52N6O6. The summed E-state index contributed by atoms with van der Waals surface area (Å²) in [6.07, 6.45) is 5.64. The van der Waals surface area contributed by atoms with Crippen molar-refractivity contribution in [2.24, 2.45) is 5.92 Å². The van der Waals surface area contributed by atoms with Gasteiger partial charge in [0.1, 0.15) is 29.8 Å². The molecule has 3 aromatic carbocycles. The van der Waals surface area contributed by atoms with Crippen LogP contribution in [0.5, 0.6) is 11.6 Å². The van der Waals surface area contributed by atoms with Crippen LogP contribution >= 0.6 is 0 Å². The van der Waals surface area contributed by atoms with Crippen LogP contribution in [0.1, 0.15) is 83.1 Å². The highest BCUT2D eigenvalue weighted by Crippen LogP contribution is 2.48. The lowest BCUT2D eigenvalue weighted by Crippen LogP contribution is -2.58. The Kier molecular flexibility index (Phi) is 10.0. The van der Waals surface area contributed by atoms with Crippen molar-refractivity contribution < 1.29 is 29.0 Å². The maximum absolute atomic E-state index is 12.9. The van der Waals surface area contributed by atoms with Gasteiger partial charge >= 0.3 is 0 Å². The molecule has 4 saturated heterocycles. The van der Waals surface area contributed by atoms with Crippen molar-refractivity contribution in [3.8, 4) is 11.6 Å². The van der Waals surface area contributed by atoms with E-state index in [0.717, 1.165) is 83.7 Å². The van der Waals surface area contributed by atoms with Gasteiger partial charge in [-0.15, -0.1) is 0 Å². The van der Waals surface area contributed by atoms with E-state index in [1.54, 1.807) is 6.07 Å². The molecule has 306 valence electrons. The van der Waals surface area contributed by atoms with E-state index in [1.807, 2.05) is 18.2 Å². The SMILES string of the molecule is O=C1CC[C@H](NC(=O)c2ccc3c(n2)OC[C@H]2CN(CC4COC5(CCN(c6ccc([C@@H]7c8ccc(O)cc8CC[C@@H]7c7ccccc7)cc6)CC5)C4)CCN32)C(=O)N1. The number of fused-ring (bicyclic) bond motifs is 4. The highest BCUT2D eigenvalue weighted by atomic mass is 16.5. The number of rotatable bonds is 7. The van der Waals surface area contributed by atoms with Crippen LogP contribution in [0.15, 0.2) is 84.9 Å². The number of ether oxygens (including phenoxy) is 2. The molecule has 1 aromatic heterocycles. The smallest absolute Gasteiger partial charge is 0.270 e. The van der Waals surface area contributed by atoms with Crippen molar-refractivity contribution >= 4 is 29.1 Å². The Morgan fingerprint density at radius 3 is 2.54 bits per heavy atom. The fourth-order valence-electron chi connectivity index (χ4n) is 10.8. The predicted molar refractivity (Wildman–Crippen MR) is 223 cm³/mol. The number of amides is 3. The van der Waals surface area contributed by atoms with E-state index in [4.69, 9.17) is 9.47 Å². The summed E-state index contributed by atoms with van der Waals surface area (Å²) in [6, 6.07) is 29.1. The molecule has 6 aliphatic rings. The molecular weight excluding hydrogens is 745 g/mol. The second kappa shape index (κ2) is 15.6. The Bertz CT molecular complexity index is 2230. The van der Waals surface area contributed by atoms with Gasteiger partial charge in [0.05, 0.1) is 18.2 Å². The number of phenolic OH excluding ortho intramolecular Hbond substituents is 1. The normalized spacial score (nSPS) is 26.3. The number of hydrogen-bond donors (Lipinski definition) is 3. The molecule has 6 heterocycles. The lowest BCUT2D eigenvalue weighted by atomic mass is 9.69. The molecule has 0 saturated carbocycles. The molecule has 4 fully saturated rings. The van der Waals surface area contributed by atoms with Crippen LogP contribution in [0.25, 0.3) is 0 Å². The number of aromatic nitrogens is 1. The predicted octanol–water partition coefficient (Wildman–Crippen LogP) is 5.14.